The first-order chi connectivity index (χ1) is 26.3. The molecule has 0 bridgehead atoms. The van der Waals surface area contributed by atoms with Crippen LogP contribution < -0.4 is 0 Å². The highest BCUT2D eigenvalue weighted by molar-refractivity contribution is 6.24. The summed E-state index contributed by atoms with van der Waals surface area (Å²) in [5.74, 6) is 1.81. The molecule has 0 spiro atoms. The normalized spacial score (nSPS) is 11.8. The van der Waals surface area contributed by atoms with Gasteiger partial charge < -0.3 is 9.13 Å². The Labute approximate surface area is 304 Å². The quantitative estimate of drug-likeness (QED) is 0.182. The van der Waals surface area contributed by atoms with Gasteiger partial charge in [-0.05, 0) is 48.5 Å². The number of aromatic nitrogens is 6. The molecule has 11 aromatic rings. The van der Waals surface area contributed by atoms with E-state index in [-0.39, 0.29) is 0 Å². The molecule has 0 atom stereocenters. The van der Waals surface area contributed by atoms with Gasteiger partial charge >= 0.3 is 0 Å². The van der Waals surface area contributed by atoms with Gasteiger partial charge in [0.05, 0.1) is 27.6 Å². The molecular formula is C47H30N6. The van der Waals surface area contributed by atoms with Gasteiger partial charge in [0.1, 0.15) is 0 Å². The van der Waals surface area contributed by atoms with E-state index in [1.54, 1.807) is 0 Å². The molecule has 0 aliphatic rings. The standard InChI is InChI=1S/C47H30N6/c1-5-15-31(16-6-1)45-48-46(32-17-7-2-8-18-32)50-47(49-45)53-42-29-33-27-28-51(34-19-9-3-10-20-34)41(33)30-39(42)38-26-25-37-36-23-13-14-24-40(36)52(43(37)44(38)53)35-21-11-4-12-22-35/h1-30H. The zero-order chi connectivity index (χ0) is 34.9. The highest BCUT2D eigenvalue weighted by Crippen LogP contribution is 2.43. The Morgan fingerprint density at radius 1 is 0.358 bits per heavy atom. The Bertz CT molecular complexity index is 3080. The molecule has 0 amide bonds. The highest BCUT2D eigenvalue weighted by Gasteiger charge is 2.24. The molecule has 6 nitrogen and oxygen atoms in total. The third kappa shape index (κ3) is 4.56. The lowest BCUT2D eigenvalue weighted by Crippen LogP contribution is -2.07. The molecule has 0 radical (unpaired) electrons. The van der Waals surface area contributed by atoms with E-state index < -0.39 is 0 Å². The Kier molecular flexibility index (Phi) is 6.45. The summed E-state index contributed by atoms with van der Waals surface area (Å²) in [5.41, 5.74) is 9.52. The lowest BCUT2D eigenvalue weighted by Gasteiger charge is -2.13. The second-order valence-electron chi connectivity index (χ2n) is 13.3. The molecule has 0 unspecified atom stereocenters. The van der Waals surface area contributed by atoms with Crippen LogP contribution in [0.15, 0.2) is 182 Å². The Hall–Kier alpha value is -7.31. The van der Waals surface area contributed by atoms with Crippen LogP contribution in [0, 0.1) is 0 Å². The predicted molar refractivity (Wildman–Crippen MR) is 216 cm³/mol. The summed E-state index contributed by atoms with van der Waals surface area (Å²) in [6, 6.07) is 61.5. The minimum absolute atomic E-state index is 0.567. The minimum Gasteiger partial charge on any atom is -0.317 e. The first-order valence-electron chi connectivity index (χ1n) is 17.8. The molecule has 4 aromatic heterocycles. The highest BCUT2D eigenvalue weighted by atomic mass is 15.2. The first-order valence-corrected chi connectivity index (χ1v) is 17.8. The average Bonchev–Trinajstić information content (AvgIpc) is 3.91. The van der Waals surface area contributed by atoms with Gasteiger partial charge in [-0.1, -0.05) is 127 Å². The Morgan fingerprint density at radius 2 is 0.906 bits per heavy atom. The van der Waals surface area contributed by atoms with E-state index in [0.29, 0.717) is 17.6 Å². The maximum absolute atomic E-state index is 5.29. The number of hydrogen-bond donors (Lipinski definition) is 0. The Balaban J connectivity index is 1.33. The van der Waals surface area contributed by atoms with Crippen molar-refractivity contribution >= 4 is 54.5 Å². The lowest BCUT2D eigenvalue weighted by atomic mass is 10.1. The number of benzene rings is 7. The van der Waals surface area contributed by atoms with Crippen LogP contribution in [0.4, 0.5) is 0 Å². The SMILES string of the molecule is c1ccc(-c2nc(-c3ccccc3)nc(-n3c4cc5ccn(-c6ccccc6)c5cc4c4ccc5c6ccccc6n(-c6ccccc6)c5c43)n2)cc1. The maximum atomic E-state index is 5.29. The molecule has 0 aliphatic heterocycles. The van der Waals surface area contributed by atoms with Gasteiger partial charge in [-0.15, -0.1) is 0 Å². The molecule has 7 aromatic carbocycles. The number of fused-ring (bicyclic) bond motifs is 8. The largest absolute Gasteiger partial charge is 0.317 e. The van der Waals surface area contributed by atoms with Crippen molar-refractivity contribution in [3.63, 3.8) is 0 Å². The van der Waals surface area contributed by atoms with Crippen LogP contribution in [0.3, 0.4) is 0 Å². The fraction of sp³-hybridized carbons (Fsp3) is 0. The molecule has 53 heavy (non-hydrogen) atoms. The number of para-hydroxylation sites is 3. The third-order valence-corrected chi connectivity index (χ3v) is 10.3. The van der Waals surface area contributed by atoms with Crippen molar-refractivity contribution in [2.45, 2.75) is 0 Å². The average molecular weight is 679 g/mol. The fourth-order valence-electron chi connectivity index (χ4n) is 7.94. The summed E-state index contributed by atoms with van der Waals surface area (Å²) in [6.07, 6.45) is 2.15. The fourth-order valence-corrected chi connectivity index (χ4v) is 7.94. The van der Waals surface area contributed by atoms with Gasteiger partial charge in [-0.3, -0.25) is 4.57 Å². The van der Waals surface area contributed by atoms with Crippen molar-refractivity contribution in [1.82, 2.24) is 28.7 Å². The number of hydrogen-bond acceptors (Lipinski definition) is 3. The van der Waals surface area contributed by atoms with E-state index >= 15 is 0 Å². The van der Waals surface area contributed by atoms with Crippen molar-refractivity contribution < 1.29 is 0 Å². The van der Waals surface area contributed by atoms with Crippen LogP contribution in [0.2, 0.25) is 0 Å². The lowest BCUT2D eigenvalue weighted by molar-refractivity contribution is 0.954. The molecule has 0 saturated heterocycles. The van der Waals surface area contributed by atoms with Gasteiger partial charge in [-0.2, -0.15) is 9.97 Å². The van der Waals surface area contributed by atoms with Crippen molar-refractivity contribution in [1.29, 1.82) is 0 Å². The zero-order valence-corrected chi connectivity index (χ0v) is 28.5. The van der Waals surface area contributed by atoms with E-state index in [0.717, 1.165) is 66.2 Å². The van der Waals surface area contributed by atoms with Crippen LogP contribution in [0.1, 0.15) is 0 Å². The van der Waals surface area contributed by atoms with E-state index in [9.17, 15) is 0 Å². The third-order valence-electron chi connectivity index (χ3n) is 10.3. The van der Waals surface area contributed by atoms with Crippen LogP contribution in [0.5, 0.6) is 0 Å². The number of nitrogens with zero attached hydrogens (tertiary/aromatic N) is 6. The summed E-state index contributed by atoms with van der Waals surface area (Å²) in [6.45, 7) is 0. The van der Waals surface area contributed by atoms with Crippen LogP contribution in [0.25, 0.3) is 94.6 Å². The first kappa shape index (κ1) is 29.4. The van der Waals surface area contributed by atoms with E-state index in [4.69, 9.17) is 15.0 Å². The van der Waals surface area contributed by atoms with Gasteiger partial charge in [0.2, 0.25) is 5.95 Å². The second-order valence-corrected chi connectivity index (χ2v) is 13.3. The minimum atomic E-state index is 0.567. The van der Waals surface area contributed by atoms with Crippen LogP contribution in [-0.2, 0) is 0 Å². The molecule has 6 heteroatoms. The van der Waals surface area contributed by atoms with Crippen molar-refractivity contribution in [2.75, 3.05) is 0 Å². The summed E-state index contributed by atoms with van der Waals surface area (Å²) in [4.78, 5) is 15.6. The van der Waals surface area contributed by atoms with Crippen molar-refractivity contribution in [2.24, 2.45) is 0 Å². The van der Waals surface area contributed by atoms with Crippen molar-refractivity contribution in [3.8, 4) is 40.1 Å². The summed E-state index contributed by atoms with van der Waals surface area (Å²) in [5, 5.41) is 5.73. The van der Waals surface area contributed by atoms with E-state index in [1.165, 1.54) is 10.8 Å². The Morgan fingerprint density at radius 3 is 1.57 bits per heavy atom. The molecule has 0 aliphatic carbocycles. The molecular weight excluding hydrogens is 649 g/mol. The summed E-state index contributed by atoms with van der Waals surface area (Å²) >= 11 is 0. The number of rotatable bonds is 5. The smallest absolute Gasteiger partial charge is 0.238 e. The molecule has 0 fully saturated rings. The van der Waals surface area contributed by atoms with E-state index in [2.05, 4.69) is 159 Å². The maximum Gasteiger partial charge on any atom is 0.238 e. The molecule has 11 rings (SSSR count). The van der Waals surface area contributed by atoms with Crippen LogP contribution >= 0.6 is 0 Å². The molecule has 4 heterocycles. The molecule has 248 valence electrons. The summed E-state index contributed by atoms with van der Waals surface area (Å²) in [7, 11) is 0. The molecule has 0 saturated carbocycles. The van der Waals surface area contributed by atoms with Crippen molar-refractivity contribution in [3.05, 3.63) is 182 Å². The van der Waals surface area contributed by atoms with Gasteiger partial charge in [0, 0.05) is 55.6 Å². The monoisotopic (exact) mass is 678 g/mol. The van der Waals surface area contributed by atoms with Crippen LogP contribution in [-0.4, -0.2) is 28.7 Å². The topological polar surface area (TPSA) is 53.5 Å². The predicted octanol–water partition coefficient (Wildman–Crippen LogP) is 11.3. The van der Waals surface area contributed by atoms with Gasteiger partial charge in [-0.25, -0.2) is 4.98 Å². The van der Waals surface area contributed by atoms with Gasteiger partial charge in [0.25, 0.3) is 0 Å². The molecule has 0 N–H and O–H groups in total. The zero-order valence-electron chi connectivity index (χ0n) is 28.5. The second kappa shape index (κ2) is 11.6. The summed E-state index contributed by atoms with van der Waals surface area (Å²) < 4.78 is 6.93. The van der Waals surface area contributed by atoms with Gasteiger partial charge in [0.15, 0.2) is 11.6 Å². The van der Waals surface area contributed by atoms with E-state index in [1.807, 2.05) is 36.4 Å².